The van der Waals surface area contributed by atoms with E-state index < -0.39 is 21.6 Å². The predicted molar refractivity (Wildman–Crippen MR) is 73.0 cm³/mol. The van der Waals surface area contributed by atoms with E-state index in [4.69, 9.17) is 0 Å². The molecule has 0 aliphatic heterocycles. The van der Waals surface area contributed by atoms with Gasteiger partial charge in [-0.15, -0.1) is 0 Å². The van der Waals surface area contributed by atoms with Gasteiger partial charge in [-0.25, -0.2) is 13.1 Å². The number of hydrogen-bond acceptors (Lipinski definition) is 4. The average molecular weight is 292 g/mol. The first-order valence-corrected chi connectivity index (χ1v) is 8.47. The fraction of sp³-hybridized carbons (Fsp3) is 0.917. The van der Waals surface area contributed by atoms with Gasteiger partial charge in [0.1, 0.15) is 6.04 Å². The van der Waals surface area contributed by atoms with E-state index >= 15 is 0 Å². The summed E-state index contributed by atoms with van der Waals surface area (Å²) in [7, 11) is -3.44. The monoisotopic (exact) mass is 292 g/mol. The molecular weight excluding hydrogens is 268 g/mol. The van der Waals surface area contributed by atoms with Crippen molar-refractivity contribution in [3.63, 3.8) is 0 Å². The van der Waals surface area contributed by atoms with E-state index in [-0.39, 0.29) is 18.4 Å². The fourth-order valence-corrected chi connectivity index (χ4v) is 2.93. The lowest BCUT2D eigenvalue weighted by atomic mass is 9.77. The van der Waals surface area contributed by atoms with Gasteiger partial charge in [-0.2, -0.15) is 0 Å². The minimum Gasteiger partial charge on any atom is -0.394 e. The first kappa shape index (κ1) is 16.4. The normalized spacial score (nSPS) is 19.8. The molecule has 1 atom stereocenters. The standard InChI is InChI=1S/C12H24N2O4S/c1-9(2)7-10(14-19(3,17)18)11(16)13-12(8-15)5-4-6-12/h9-10,14-15H,4-8H2,1-3H3,(H,13,16). The Hall–Kier alpha value is -0.660. The lowest BCUT2D eigenvalue weighted by molar-refractivity contribution is -0.127. The van der Waals surface area contributed by atoms with E-state index in [1.807, 2.05) is 13.8 Å². The van der Waals surface area contributed by atoms with Crippen LogP contribution in [0.5, 0.6) is 0 Å². The van der Waals surface area contributed by atoms with Gasteiger partial charge in [0.25, 0.3) is 0 Å². The number of rotatable bonds is 7. The molecule has 0 aromatic rings. The lowest BCUT2D eigenvalue weighted by Crippen LogP contribution is -2.60. The molecule has 1 saturated carbocycles. The quantitative estimate of drug-likeness (QED) is 0.614. The number of aliphatic hydroxyl groups excluding tert-OH is 1. The summed E-state index contributed by atoms with van der Waals surface area (Å²) in [5.41, 5.74) is -0.550. The zero-order chi connectivity index (χ0) is 14.7. The minimum absolute atomic E-state index is 0.105. The van der Waals surface area contributed by atoms with Crippen LogP contribution in [0.25, 0.3) is 0 Å². The third kappa shape index (κ3) is 5.08. The van der Waals surface area contributed by atoms with Crippen molar-refractivity contribution in [3.05, 3.63) is 0 Å². The Morgan fingerprint density at radius 1 is 1.37 bits per heavy atom. The van der Waals surface area contributed by atoms with Gasteiger partial charge in [-0.05, 0) is 31.6 Å². The molecule has 0 heterocycles. The van der Waals surface area contributed by atoms with Crippen molar-refractivity contribution in [2.75, 3.05) is 12.9 Å². The van der Waals surface area contributed by atoms with Gasteiger partial charge in [-0.1, -0.05) is 13.8 Å². The maximum absolute atomic E-state index is 12.2. The largest absolute Gasteiger partial charge is 0.394 e. The molecule has 3 N–H and O–H groups in total. The van der Waals surface area contributed by atoms with Crippen LogP contribution in [-0.2, 0) is 14.8 Å². The molecule has 1 unspecified atom stereocenters. The number of sulfonamides is 1. The first-order valence-electron chi connectivity index (χ1n) is 6.58. The SMILES string of the molecule is CC(C)CC(NS(C)(=O)=O)C(=O)NC1(CO)CCC1. The second kappa shape index (κ2) is 6.19. The number of nitrogens with one attached hydrogen (secondary N) is 2. The third-order valence-corrected chi connectivity index (χ3v) is 4.09. The topological polar surface area (TPSA) is 95.5 Å². The van der Waals surface area contributed by atoms with E-state index in [1.165, 1.54) is 0 Å². The molecule has 1 aliphatic carbocycles. The van der Waals surface area contributed by atoms with Crippen molar-refractivity contribution in [3.8, 4) is 0 Å². The summed E-state index contributed by atoms with van der Waals surface area (Å²) in [5, 5.41) is 12.1. The third-order valence-electron chi connectivity index (χ3n) is 3.38. The summed E-state index contributed by atoms with van der Waals surface area (Å²) in [4.78, 5) is 12.2. The Kier molecular flexibility index (Phi) is 5.34. The van der Waals surface area contributed by atoms with E-state index in [9.17, 15) is 18.3 Å². The van der Waals surface area contributed by atoms with E-state index in [0.29, 0.717) is 6.42 Å². The molecule has 112 valence electrons. The summed E-state index contributed by atoms with van der Waals surface area (Å²) < 4.78 is 25.0. The van der Waals surface area contributed by atoms with Gasteiger partial charge in [0.15, 0.2) is 0 Å². The van der Waals surface area contributed by atoms with Gasteiger partial charge < -0.3 is 10.4 Å². The Balaban J connectivity index is 2.70. The maximum Gasteiger partial charge on any atom is 0.238 e. The predicted octanol–water partition coefficient (Wildman–Crippen LogP) is -0.0185. The Morgan fingerprint density at radius 2 is 1.95 bits per heavy atom. The summed E-state index contributed by atoms with van der Waals surface area (Å²) in [6.45, 7) is 3.75. The Labute approximate surface area is 115 Å². The second-order valence-electron chi connectivity index (χ2n) is 5.85. The highest BCUT2D eigenvalue weighted by molar-refractivity contribution is 7.88. The zero-order valence-corrected chi connectivity index (χ0v) is 12.6. The zero-order valence-electron chi connectivity index (χ0n) is 11.8. The second-order valence-corrected chi connectivity index (χ2v) is 7.63. The highest BCUT2D eigenvalue weighted by Crippen LogP contribution is 2.31. The van der Waals surface area contributed by atoms with Crippen molar-refractivity contribution >= 4 is 15.9 Å². The van der Waals surface area contributed by atoms with Crippen LogP contribution in [0.3, 0.4) is 0 Å². The van der Waals surface area contributed by atoms with Gasteiger partial charge in [-0.3, -0.25) is 4.79 Å². The molecule has 1 rings (SSSR count). The highest BCUT2D eigenvalue weighted by Gasteiger charge is 2.39. The Morgan fingerprint density at radius 3 is 2.26 bits per heavy atom. The van der Waals surface area contributed by atoms with Crippen LogP contribution in [0, 0.1) is 5.92 Å². The van der Waals surface area contributed by atoms with Crippen molar-refractivity contribution in [1.29, 1.82) is 0 Å². The smallest absolute Gasteiger partial charge is 0.238 e. The van der Waals surface area contributed by atoms with Crippen LogP contribution in [0.2, 0.25) is 0 Å². The lowest BCUT2D eigenvalue weighted by Gasteiger charge is -2.41. The molecule has 7 heteroatoms. The molecule has 1 fully saturated rings. The summed E-state index contributed by atoms with van der Waals surface area (Å²) in [5.74, 6) is -0.163. The van der Waals surface area contributed by atoms with Crippen LogP contribution in [0.4, 0.5) is 0 Å². The number of amides is 1. The van der Waals surface area contributed by atoms with Crippen molar-refractivity contribution in [2.45, 2.75) is 51.1 Å². The van der Waals surface area contributed by atoms with Crippen molar-refractivity contribution in [2.24, 2.45) is 5.92 Å². The Bertz CT molecular complexity index is 410. The van der Waals surface area contributed by atoms with Crippen LogP contribution in [0.1, 0.15) is 39.5 Å². The molecule has 1 amide bonds. The number of hydrogen-bond donors (Lipinski definition) is 3. The summed E-state index contributed by atoms with van der Waals surface area (Å²) >= 11 is 0. The minimum atomic E-state index is -3.44. The summed E-state index contributed by atoms with van der Waals surface area (Å²) in [6, 6.07) is -0.779. The van der Waals surface area contributed by atoms with Crippen LogP contribution in [0.15, 0.2) is 0 Å². The van der Waals surface area contributed by atoms with Crippen LogP contribution >= 0.6 is 0 Å². The molecular formula is C12H24N2O4S. The molecule has 0 bridgehead atoms. The van der Waals surface area contributed by atoms with E-state index in [1.54, 1.807) is 0 Å². The van der Waals surface area contributed by atoms with Crippen molar-refractivity contribution in [1.82, 2.24) is 10.0 Å². The molecule has 19 heavy (non-hydrogen) atoms. The molecule has 0 aromatic heterocycles. The molecule has 0 saturated heterocycles. The average Bonchev–Trinajstić information content (AvgIpc) is 2.19. The van der Waals surface area contributed by atoms with E-state index in [0.717, 1.165) is 25.5 Å². The van der Waals surface area contributed by atoms with Gasteiger partial charge >= 0.3 is 0 Å². The summed E-state index contributed by atoms with van der Waals surface area (Å²) in [6.07, 6.45) is 3.92. The molecule has 0 spiro atoms. The van der Waals surface area contributed by atoms with E-state index in [2.05, 4.69) is 10.0 Å². The molecule has 0 aromatic carbocycles. The number of carbonyl (C=O) groups excluding carboxylic acids is 1. The fourth-order valence-electron chi connectivity index (χ4n) is 2.21. The molecule has 6 nitrogen and oxygen atoms in total. The molecule has 1 aliphatic rings. The van der Waals surface area contributed by atoms with Gasteiger partial charge in [0, 0.05) is 0 Å². The maximum atomic E-state index is 12.2. The number of carbonyl (C=O) groups is 1. The highest BCUT2D eigenvalue weighted by atomic mass is 32.2. The first-order chi connectivity index (χ1) is 8.67. The number of aliphatic hydroxyl groups is 1. The van der Waals surface area contributed by atoms with Gasteiger partial charge in [0.05, 0.1) is 18.4 Å². The van der Waals surface area contributed by atoms with Crippen LogP contribution in [-0.4, -0.2) is 43.9 Å². The van der Waals surface area contributed by atoms with Crippen LogP contribution < -0.4 is 10.0 Å². The van der Waals surface area contributed by atoms with Gasteiger partial charge in [0.2, 0.25) is 15.9 Å². The van der Waals surface area contributed by atoms with Crippen molar-refractivity contribution < 1.29 is 18.3 Å². The molecule has 0 radical (unpaired) electrons.